The molecule has 160 valence electrons. The van der Waals surface area contributed by atoms with Crippen LogP contribution in [0.2, 0.25) is 0 Å². The summed E-state index contributed by atoms with van der Waals surface area (Å²) >= 11 is 0. The SMILES string of the molecule is NS(=O)(=O)c1ccc([C@@]2(O)C(=O)N(Cc3ccc4ncccc4c3)c3ccccc32)cc1. The number of carbonyl (C=O) groups is 1. The van der Waals surface area contributed by atoms with E-state index in [1.54, 1.807) is 35.4 Å². The second-order valence-electron chi connectivity index (χ2n) is 7.72. The minimum atomic E-state index is -3.89. The zero-order chi connectivity index (χ0) is 22.5. The summed E-state index contributed by atoms with van der Waals surface area (Å²) in [5.74, 6) is -0.506. The van der Waals surface area contributed by atoms with Gasteiger partial charge in [0.1, 0.15) is 0 Å². The Morgan fingerprint density at radius 1 is 0.969 bits per heavy atom. The molecule has 1 aromatic heterocycles. The summed E-state index contributed by atoms with van der Waals surface area (Å²) in [6.45, 7) is 0.262. The number of fused-ring (bicyclic) bond motifs is 2. The van der Waals surface area contributed by atoms with Gasteiger partial charge in [-0.3, -0.25) is 9.78 Å². The van der Waals surface area contributed by atoms with Crippen LogP contribution >= 0.6 is 0 Å². The van der Waals surface area contributed by atoms with Gasteiger partial charge in [0, 0.05) is 17.1 Å². The summed E-state index contributed by atoms with van der Waals surface area (Å²) < 4.78 is 23.2. The van der Waals surface area contributed by atoms with Crippen molar-refractivity contribution in [2.24, 2.45) is 5.14 Å². The number of sulfonamides is 1. The second-order valence-corrected chi connectivity index (χ2v) is 9.28. The van der Waals surface area contributed by atoms with E-state index in [1.165, 1.54) is 24.3 Å². The largest absolute Gasteiger partial charge is 0.372 e. The molecule has 5 rings (SSSR count). The number of para-hydroxylation sites is 1. The number of aromatic nitrogens is 1. The Balaban J connectivity index is 1.57. The molecule has 1 amide bonds. The predicted octanol–water partition coefficient (Wildman–Crippen LogP) is 2.66. The van der Waals surface area contributed by atoms with E-state index in [4.69, 9.17) is 5.14 Å². The van der Waals surface area contributed by atoms with Crippen molar-refractivity contribution >= 4 is 32.5 Å². The van der Waals surface area contributed by atoms with Crippen LogP contribution in [0.4, 0.5) is 5.69 Å². The average Bonchev–Trinajstić information content (AvgIpc) is 3.01. The molecular formula is C24H19N3O4S. The first-order valence-electron chi connectivity index (χ1n) is 9.89. The highest BCUT2D eigenvalue weighted by atomic mass is 32.2. The number of benzene rings is 3. The molecular weight excluding hydrogens is 426 g/mol. The van der Waals surface area contributed by atoms with Gasteiger partial charge in [0.25, 0.3) is 5.91 Å². The van der Waals surface area contributed by atoms with E-state index in [9.17, 15) is 18.3 Å². The van der Waals surface area contributed by atoms with Crippen molar-refractivity contribution in [2.75, 3.05) is 4.90 Å². The van der Waals surface area contributed by atoms with E-state index in [1.807, 2.05) is 30.3 Å². The molecule has 0 saturated carbocycles. The topological polar surface area (TPSA) is 114 Å². The van der Waals surface area contributed by atoms with Crippen molar-refractivity contribution in [3.8, 4) is 0 Å². The maximum Gasteiger partial charge on any atom is 0.268 e. The van der Waals surface area contributed by atoms with Crippen LogP contribution in [0.1, 0.15) is 16.7 Å². The Kier molecular flexibility index (Phi) is 4.59. The number of pyridine rings is 1. The fraction of sp³-hybridized carbons (Fsp3) is 0.0833. The fourth-order valence-electron chi connectivity index (χ4n) is 4.16. The van der Waals surface area contributed by atoms with E-state index >= 15 is 0 Å². The van der Waals surface area contributed by atoms with Crippen LogP contribution in [-0.2, 0) is 27.0 Å². The van der Waals surface area contributed by atoms with Crippen molar-refractivity contribution < 1.29 is 18.3 Å². The van der Waals surface area contributed by atoms with Crippen molar-refractivity contribution in [1.82, 2.24) is 4.98 Å². The molecule has 1 aliphatic rings. The van der Waals surface area contributed by atoms with E-state index in [-0.39, 0.29) is 17.0 Å². The van der Waals surface area contributed by atoms with Gasteiger partial charge in [-0.05, 0) is 47.5 Å². The number of amides is 1. The summed E-state index contributed by atoms with van der Waals surface area (Å²) in [6.07, 6.45) is 1.73. The summed E-state index contributed by atoms with van der Waals surface area (Å²) in [4.78, 5) is 19.3. The number of nitrogens with two attached hydrogens (primary N) is 1. The minimum absolute atomic E-state index is 0.0924. The molecule has 3 N–H and O–H groups in total. The van der Waals surface area contributed by atoms with Gasteiger partial charge in [-0.1, -0.05) is 42.5 Å². The average molecular weight is 446 g/mol. The lowest BCUT2D eigenvalue weighted by Gasteiger charge is -2.24. The van der Waals surface area contributed by atoms with Gasteiger partial charge in [-0.2, -0.15) is 0 Å². The maximum atomic E-state index is 13.6. The Bertz CT molecular complexity index is 1470. The molecule has 0 unspecified atom stereocenters. The van der Waals surface area contributed by atoms with Gasteiger partial charge in [-0.15, -0.1) is 0 Å². The van der Waals surface area contributed by atoms with Crippen LogP contribution < -0.4 is 10.0 Å². The quantitative estimate of drug-likeness (QED) is 0.501. The van der Waals surface area contributed by atoms with Crippen molar-refractivity contribution in [3.63, 3.8) is 0 Å². The summed E-state index contributed by atoms with van der Waals surface area (Å²) in [5.41, 5.74) is 1.12. The van der Waals surface area contributed by atoms with Crippen LogP contribution in [0.15, 0.2) is 90.0 Å². The molecule has 1 atom stereocenters. The van der Waals surface area contributed by atoms with Gasteiger partial charge >= 0.3 is 0 Å². The molecule has 0 radical (unpaired) electrons. The first-order chi connectivity index (χ1) is 15.3. The van der Waals surface area contributed by atoms with E-state index < -0.39 is 21.5 Å². The number of rotatable bonds is 4. The third-order valence-electron chi connectivity index (χ3n) is 5.75. The summed E-state index contributed by atoms with van der Waals surface area (Å²) in [7, 11) is -3.89. The molecule has 2 heterocycles. The number of hydrogen-bond donors (Lipinski definition) is 2. The van der Waals surface area contributed by atoms with Gasteiger partial charge in [0.05, 0.1) is 22.6 Å². The molecule has 0 saturated heterocycles. The number of anilines is 1. The number of aliphatic hydroxyl groups is 1. The smallest absolute Gasteiger partial charge is 0.268 e. The molecule has 4 aromatic rings. The molecule has 0 bridgehead atoms. The molecule has 1 aliphatic heterocycles. The number of nitrogens with zero attached hydrogens (tertiary/aromatic N) is 2. The molecule has 3 aromatic carbocycles. The molecule has 8 heteroatoms. The lowest BCUT2D eigenvalue weighted by Crippen LogP contribution is -2.40. The number of primary sulfonamides is 1. The zero-order valence-corrected chi connectivity index (χ0v) is 17.7. The third kappa shape index (κ3) is 3.16. The van der Waals surface area contributed by atoms with Crippen molar-refractivity contribution in [3.05, 3.63) is 102 Å². The number of hydrogen-bond acceptors (Lipinski definition) is 5. The molecule has 0 aliphatic carbocycles. The van der Waals surface area contributed by atoms with Gasteiger partial charge in [-0.25, -0.2) is 13.6 Å². The lowest BCUT2D eigenvalue weighted by molar-refractivity contribution is -0.132. The number of carbonyl (C=O) groups excluding carboxylic acids is 1. The zero-order valence-electron chi connectivity index (χ0n) is 16.8. The monoisotopic (exact) mass is 445 g/mol. The maximum absolute atomic E-state index is 13.6. The van der Waals surface area contributed by atoms with Crippen LogP contribution in [0.3, 0.4) is 0 Å². The highest BCUT2D eigenvalue weighted by Crippen LogP contribution is 2.45. The molecule has 0 spiro atoms. The fourth-order valence-corrected chi connectivity index (χ4v) is 4.68. The van der Waals surface area contributed by atoms with Crippen LogP contribution in [0.25, 0.3) is 10.9 Å². The van der Waals surface area contributed by atoms with Crippen LogP contribution in [0, 0.1) is 0 Å². The summed E-state index contributed by atoms with van der Waals surface area (Å²) in [6, 6.07) is 22.0. The predicted molar refractivity (Wildman–Crippen MR) is 120 cm³/mol. The normalized spacial score (nSPS) is 18.2. The third-order valence-corrected chi connectivity index (χ3v) is 6.68. The van der Waals surface area contributed by atoms with E-state index in [0.29, 0.717) is 11.3 Å². The van der Waals surface area contributed by atoms with Crippen LogP contribution in [-0.4, -0.2) is 24.4 Å². The van der Waals surface area contributed by atoms with E-state index in [0.717, 1.165) is 16.5 Å². The van der Waals surface area contributed by atoms with Gasteiger partial charge in [0.15, 0.2) is 5.60 Å². The molecule has 7 nitrogen and oxygen atoms in total. The highest BCUT2D eigenvalue weighted by molar-refractivity contribution is 7.89. The Morgan fingerprint density at radius 3 is 2.47 bits per heavy atom. The van der Waals surface area contributed by atoms with E-state index in [2.05, 4.69) is 4.98 Å². The Hall–Kier alpha value is -3.59. The van der Waals surface area contributed by atoms with Gasteiger partial charge in [0.2, 0.25) is 10.0 Å². The highest BCUT2D eigenvalue weighted by Gasteiger charge is 2.50. The first kappa shape index (κ1) is 20.3. The Morgan fingerprint density at radius 2 is 1.72 bits per heavy atom. The molecule has 32 heavy (non-hydrogen) atoms. The summed E-state index contributed by atoms with van der Waals surface area (Å²) in [5, 5.41) is 17.7. The second kappa shape index (κ2) is 7.23. The Labute approximate surface area is 184 Å². The first-order valence-corrected chi connectivity index (χ1v) is 11.4. The molecule has 0 fully saturated rings. The van der Waals surface area contributed by atoms with Crippen LogP contribution in [0.5, 0.6) is 0 Å². The minimum Gasteiger partial charge on any atom is -0.372 e. The van der Waals surface area contributed by atoms with Crippen molar-refractivity contribution in [2.45, 2.75) is 17.0 Å². The van der Waals surface area contributed by atoms with Crippen molar-refractivity contribution in [1.29, 1.82) is 0 Å². The standard InChI is InChI=1S/C24H19N3O4S/c25-32(30,31)19-10-8-18(9-11-19)24(29)20-5-1-2-6-22(20)27(23(24)28)15-16-7-12-21-17(14-16)4-3-13-26-21/h1-14,29H,15H2,(H2,25,30,31)/t24-/m0/s1. The lowest BCUT2D eigenvalue weighted by atomic mass is 9.87. The van der Waals surface area contributed by atoms with Gasteiger partial charge < -0.3 is 10.0 Å².